The highest BCUT2D eigenvalue weighted by Gasteiger charge is 2.53. The van der Waals surface area contributed by atoms with Gasteiger partial charge >= 0.3 is 0 Å². The van der Waals surface area contributed by atoms with Crippen molar-refractivity contribution in [3.8, 4) is 50.2 Å². The molecular formula is C55H33NO. The van der Waals surface area contributed by atoms with Crippen molar-refractivity contribution in [2.24, 2.45) is 0 Å². The van der Waals surface area contributed by atoms with Crippen LogP contribution in [0.15, 0.2) is 205 Å². The molecule has 0 aliphatic heterocycles. The molecule has 0 radical (unpaired) electrons. The van der Waals surface area contributed by atoms with Crippen molar-refractivity contribution < 1.29 is 4.42 Å². The third kappa shape index (κ3) is 3.99. The molecule has 0 amide bonds. The number of fused-ring (bicyclic) bond motifs is 17. The lowest BCUT2D eigenvalue weighted by Crippen LogP contribution is -2.26. The van der Waals surface area contributed by atoms with Crippen molar-refractivity contribution in [3.05, 3.63) is 222 Å². The van der Waals surface area contributed by atoms with Gasteiger partial charge in [0.2, 0.25) is 0 Å². The molecule has 2 heteroatoms. The summed E-state index contributed by atoms with van der Waals surface area (Å²) in [6.45, 7) is 0. The Morgan fingerprint density at radius 3 is 1.68 bits per heavy atom. The molecule has 2 aliphatic carbocycles. The summed E-state index contributed by atoms with van der Waals surface area (Å²) in [5.74, 6) is 0. The number of para-hydroxylation sites is 3. The zero-order valence-corrected chi connectivity index (χ0v) is 30.9. The topological polar surface area (TPSA) is 18.1 Å². The standard InChI is InChI=1S/C55H33NO/c1-2-13-37(14-3-1)56-50-32-29-36(34-25-27-35(28-26-34)38-19-12-20-45-42-18-7-11-24-51(42)57-54(38)45)33-46(50)44-31-30-43-41-17-6-10-23-49(41)55(52(43)53(44)56)47-21-8-4-15-39(47)40-16-5-9-22-48(40)55/h1-33H. The van der Waals surface area contributed by atoms with Gasteiger partial charge in [0.15, 0.2) is 0 Å². The number of hydrogen-bond donors (Lipinski definition) is 0. The van der Waals surface area contributed by atoms with E-state index in [0.717, 1.165) is 38.8 Å². The van der Waals surface area contributed by atoms with E-state index < -0.39 is 5.41 Å². The molecule has 264 valence electrons. The maximum Gasteiger partial charge on any atom is 0.143 e. The maximum atomic E-state index is 6.40. The largest absolute Gasteiger partial charge is 0.455 e. The smallest absolute Gasteiger partial charge is 0.143 e. The molecule has 9 aromatic carbocycles. The van der Waals surface area contributed by atoms with Crippen LogP contribution in [-0.2, 0) is 5.41 Å². The first kappa shape index (κ1) is 30.9. The molecule has 57 heavy (non-hydrogen) atoms. The van der Waals surface area contributed by atoms with Crippen molar-refractivity contribution in [3.63, 3.8) is 0 Å². The second-order valence-electron chi connectivity index (χ2n) is 15.5. The van der Waals surface area contributed by atoms with Crippen molar-refractivity contribution in [1.82, 2.24) is 4.57 Å². The lowest BCUT2D eigenvalue weighted by molar-refractivity contribution is 0.670. The van der Waals surface area contributed by atoms with Gasteiger partial charge in [0.05, 0.1) is 16.4 Å². The van der Waals surface area contributed by atoms with Crippen molar-refractivity contribution >= 4 is 43.7 Å². The lowest BCUT2D eigenvalue weighted by Gasteiger charge is -2.31. The molecule has 0 saturated heterocycles. The summed E-state index contributed by atoms with van der Waals surface area (Å²) in [6.07, 6.45) is 0. The Bertz CT molecular complexity index is 3390. The van der Waals surface area contributed by atoms with E-state index in [1.165, 1.54) is 77.4 Å². The quantitative estimate of drug-likeness (QED) is 0.177. The molecule has 0 unspecified atom stereocenters. The molecule has 0 bridgehead atoms. The van der Waals surface area contributed by atoms with E-state index >= 15 is 0 Å². The van der Waals surface area contributed by atoms with Gasteiger partial charge in [-0.15, -0.1) is 0 Å². The molecule has 2 nitrogen and oxygen atoms in total. The molecule has 2 aromatic heterocycles. The third-order valence-electron chi connectivity index (χ3n) is 12.8. The third-order valence-corrected chi connectivity index (χ3v) is 12.8. The van der Waals surface area contributed by atoms with Crippen LogP contribution in [0.1, 0.15) is 22.3 Å². The summed E-state index contributed by atoms with van der Waals surface area (Å²) in [5, 5.41) is 4.80. The van der Waals surface area contributed by atoms with Crippen molar-refractivity contribution in [1.29, 1.82) is 0 Å². The Kier molecular flexibility index (Phi) is 6.13. The molecule has 11 aromatic rings. The zero-order chi connectivity index (χ0) is 37.2. The number of hydrogen-bond acceptors (Lipinski definition) is 1. The SMILES string of the molecule is c1ccc(-n2c3ccc(-c4ccc(-c5cccc6c5oc5ccccc56)cc4)cc3c3ccc4c(c32)C2(c3ccccc3-c3ccccc32)c2ccccc2-4)cc1. The average molecular weight is 724 g/mol. The predicted octanol–water partition coefficient (Wildman–Crippen LogP) is 14.4. The van der Waals surface area contributed by atoms with Crippen LogP contribution in [-0.4, -0.2) is 4.57 Å². The Labute approximate surface area is 329 Å². The summed E-state index contributed by atoms with van der Waals surface area (Å²) in [6, 6.07) is 73.7. The zero-order valence-electron chi connectivity index (χ0n) is 30.9. The van der Waals surface area contributed by atoms with Gasteiger partial charge in [-0.3, -0.25) is 0 Å². The summed E-state index contributed by atoms with van der Waals surface area (Å²) in [5.41, 5.74) is 20.3. The molecule has 13 rings (SSSR count). The molecule has 0 N–H and O–H groups in total. The van der Waals surface area contributed by atoms with Gasteiger partial charge < -0.3 is 8.98 Å². The van der Waals surface area contributed by atoms with Gasteiger partial charge in [-0.1, -0.05) is 170 Å². The van der Waals surface area contributed by atoms with Crippen LogP contribution >= 0.6 is 0 Å². The Balaban J connectivity index is 1.06. The van der Waals surface area contributed by atoms with Crippen LogP contribution in [0, 0.1) is 0 Å². The van der Waals surface area contributed by atoms with Gasteiger partial charge in [0.1, 0.15) is 11.2 Å². The molecule has 0 fully saturated rings. The van der Waals surface area contributed by atoms with Gasteiger partial charge in [0, 0.05) is 38.4 Å². The minimum atomic E-state index is -0.457. The van der Waals surface area contributed by atoms with Crippen molar-refractivity contribution in [2.45, 2.75) is 5.41 Å². The molecule has 2 aliphatic rings. The second kappa shape index (κ2) is 11.3. The van der Waals surface area contributed by atoms with E-state index in [1.54, 1.807) is 0 Å². The van der Waals surface area contributed by atoms with Gasteiger partial charge in [0.25, 0.3) is 0 Å². The van der Waals surface area contributed by atoms with E-state index in [0.29, 0.717) is 0 Å². The molecular weight excluding hydrogens is 691 g/mol. The number of furan rings is 1. The monoisotopic (exact) mass is 723 g/mol. The first-order valence-corrected chi connectivity index (χ1v) is 19.8. The number of rotatable bonds is 3. The number of aromatic nitrogens is 1. The van der Waals surface area contributed by atoms with Crippen LogP contribution in [0.25, 0.3) is 93.9 Å². The Morgan fingerprint density at radius 2 is 0.947 bits per heavy atom. The van der Waals surface area contributed by atoms with Crippen molar-refractivity contribution in [2.75, 3.05) is 0 Å². The highest BCUT2D eigenvalue weighted by molar-refractivity contribution is 6.15. The average Bonchev–Trinajstić information content (AvgIpc) is 4.00. The van der Waals surface area contributed by atoms with E-state index in [4.69, 9.17) is 4.42 Å². The molecule has 2 heterocycles. The highest BCUT2D eigenvalue weighted by Crippen LogP contribution is 2.64. The minimum absolute atomic E-state index is 0.457. The Hall–Kier alpha value is -7.42. The summed E-state index contributed by atoms with van der Waals surface area (Å²) >= 11 is 0. The van der Waals surface area contributed by atoms with E-state index in [9.17, 15) is 0 Å². The van der Waals surface area contributed by atoms with Crippen LogP contribution < -0.4 is 0 Å². The van der Waals surface area contributed by atoms with Gasteiger partial charge in [-0.2, -0.15) is 0 Å². The fourth-order valence-electron chi connectivity index (χ4n) is 10.5. The van der Waals surface area contributed by atoms with E-state index in [1.807, 2.05) is 12.1 Å². The van der Waals surface area contributed by atoms with E-state index in [2.05, 4.69) is 193 Å². The second-order valence-corrected chi connectivity index (χ2v) is 15.5. The van der Waals surface area contributed by atoms with Crippen LogP contribution in [0.2, 0.25) is 0 Å². The predicted molar refractivity (Wildman–Crippen MR) is 235 cm³/mol. The summed E-state index contributed by atoms with van der Waals surface area (Å²) in [4.78, 5) is 0. The first-order valence-electron chi connectivity index (χ1n) is 19.8. The fourth-order valence-corrected chi connectivity index (χ4v) is 10.5. The number of benzene rings is 9. The fraction of sp³-hybridized carbons (Fsp3) is 0.0182. The first-order chi connectivity index (χ1) is 28.3. The van der Waals surface area contributed by atoms with Crippen LogP contribution in [0.5, 0.6) is 0 Å². The summed E-state index contributed by atoms with van der Waals surface area (Å²) in [7, 11) is 0. The molecule has 0 saturated carbocycles. The maximum absolute atomic E-state index is 6.40. The lowest BCUT2D eigenvalue weighted by atomic mass is 9.70. The highest BCUT2D eigenvalue weighted by atomic mass is 16.3. The van der Waals surface area contributed by atoms with Crippen LogP contribution in [0.4, 0.5) is 0 Å². The number of nitrogens with zero attached hydrogens (tertiary/aromatic N) is 1. The normalized spacial score (nSPS) is 13.4. The van der Waals surface area contributed by atoms with Gasteiger partial charge in [-0.25, -0.2) is 0 Å². The van der Waals surface area contributed by atoms with Gasteiger partial charge in [-0.05, 0) is 86.0 Å². The molecule has 0 atom stereocenters. The molecule has 1 spiro atoms. The van der Waals surface area contributed by atoms with E-state index in [-0.39, 0.29) is 0 Å². The van der Waals surface area contributed by atoms with Crippen LogP contribution in [0.3, 0.4) is 0 Å². The summed E-state index contributed by atoms with van der Waals surface area (Å²) < 4.78 is 8.93. The minimum Gasteiger partial charge on any atom is -0.455 e. The Morgan fingerprint density at radius 1 is 0.368 bits per heavy atom.